The molecule has 0 spiro atoms. The summed E-state index contributed by atoms with van der Waals surface area (Å²) in [6, 6.07) is 4.42. The van der Waals surface area contributed by atoms with E-state index in [0.717, 1.165) is 6.07 Å². The van der Waals surface area contributed by atoms with Crippen LogP contribution in [0.25, 0.3) is 17.0 Å². The van der Waals surface area contributed by atoms with Crippen LogP contribution in [0, 0.1) is 0 Å². The molecule has 3 rings (SSSR count). The molecule has 7 heteroatoms. The quantitative estimate of drug-likeness (QED) is 0.657. The first-order valence-electron chi connectivity index (χ1n) is 5.11. The Morgan fingerprint density at radius 2 is 2.06 bits per heavy atom. The lowest BCUT2D eigenvalue weighted by Crippen LogP contribution is -2.20. The van der Waals surface area contributed by atoms with E-state index in [4.69, 9.17) is 0 Å². The van der Waals surface area contributed by atoms with E-state index >= 15 is 0 Å². The van der Waals surface area contributed by atoms with Crippen LogP contribution in [0.3, 0.4) is 0 Å². The van der Waals surface area contributed by atoms with Crippen molar-refractivity contribution in [2.75, 3.05) is 0 Å². The van der Waals surface area contributed by atoms with Crippen LogP contribution in [0.1, 0.15) is 0 Å². The third kappa shape index (κ3) is 1.49. The Bertz CT molecular complexity index is 769. The first kappa shape index (κ1) is 10.3. The maximum absolute atomic E-state index is 11.9. The van der Waals surface area contributed by atoms with Crippen LogP contribution in [0.5, 0.6) is 5.75 Å². The van der Waals surface area contributed by atoms with E-state index < -0.39 is 5.56 Å². The number of pyridine rings is 2. The van der Waals surface area contributed by atoms with Crippen molar-refractivity contribution in [2.45, 2.75) is 0 Å². The van der Waals surface area contributed by atoms with Crippen LogP contribution < -0.4 is 5.56 Å². The zero-order valence-electron chi connectivity index (χ0n) is 9.06. The number of hydrogen-bond donors (Lipinski definition) is 1. The minimum atomic E-state index is -0.466. The number of aromatic hydroxyl groups is 1. The smallest absolute Gasteiger partial charge is 0.262 e. The molecule has 3 aromatic rings. The fourth-order valence-corrected chi connectivity index (χ4v) is 1.68. The van der Waals surface area contributed by atoms with Crippen LogP contribution in [0.4, 0.5) is 0 Å². The highest BCUT2D eigenvalue weighted by Crippen LogP contribution is 2.20. The second-order valence-corrected chi connectivity index (χ2v) is 3.52. The van der Waals surface area contributed by atoms with E-state index in [2.05, 4.69) is 20.2 Å². The minimum Gasteiger partial charge on any atom is -0.507 e. The summed E-state index contributed by atoms with van der Waals surface area (Å²) in [5.74, 6) is -0.00515. The molecular weight excluding hydrogens is 234 g/mol. The van der Waals surface area contributed by atoms with Crippen molar-refractivity contribution < 1.29 is 5.11 Å². The van der Waals surface area contributed by atoms with Crippen molar-refractivity contribution in [3.63, 3.8) is 0 Å². The molecule has 0 bridgehead atoms. The standard InChI is InChI=1S/C11H7N5O2/c17-8-6-9(18)16(11-13-4-5-14-15-11)10-7(8)2-1-3-12-10/h1-6,17H. The highest BCUT2D eigenvalue weighted by Gasteiger charge is 2.12. The Morgan fingerprint density at radius 3 is 2.83 bits per heavy atom. The van der Waals surface area contributed by atoms with Gasteiger partial charge in [-0.25, -0.2) is 14.5 Å². The Balaban J connectivity index is 2.46. The van der Waals surface area contributed by atoms with Crippen molar-refractivity contribution in [1.29, 1.82) is 0 Å². The Hall–Kier alpha value is -2.83. The van der Waals surface area contributed by atoms with Gasteiger partial charge in [-0.1, -0.05) is 0 Å². The topological polar surface area (TPSA) is 93.8 Å². The lowest BCUT2D eigenvalue weighted by molar-refractivity contribution is 0.479. The van der Waals surface area contributed by atoms with Gasteiger partial charge in [0.25, 0.3) is 11.5 Å². The van der Waals surface area contributed by atoms with Crippen LogP contribution in [-0.2, 0) is 0 Å². The van der Waals surface area contributed by atoms with Crippen LogP contribution in [0.2, 0.25) is 0 Å². The predicted octanol–water partition coefficient (Wildman–Crippen LogP) is 0.276. The van der Waals surface area contributed by atoms with Gasteiger partial charge in [-0.3, -0.25) is 4.79 Å². The van der Waals surface area contributed by atoms with Crippen molar-refractivity contribution in [3.05, 3.63) is 47.1 Å². The van der Waals surface area contributed by atoms with Crippen LogP contribution in [0.15, 0.2) is 41.6 Å². The molecule has 0 saturated heterocycles. The summed E-state index contributed by atoms with van der Waals surface area (Å²) >= 11 is 0. The third-order valence-electron chi connectivity index (χ3n) is 2.43. The summed E-state index contributed by atoms with van der Waals surface area (Å²) in [6.45, 7) is 0. The maximum atomic E-state index is 11.9. The van der Waals surface area contributed by atoms with Crippen molar-refractivity contribution in [1.82, 2.24) is 24.7 Å². The normalized spacial score (nSPS) is 10.7. The molecule has 0 aliphatic carbocycles. The van der Waals surface area contributed by atoms with E-state index in [1.165, 1.54) is 23.2 Å². The maximum Gasteiger partial charge on any atom is 0.262 e. The SMILES string of the molecule is O=c1cc(O)c2cccnc2n1-c1nccnn1. The molecule has 88 valence electrons. The molecule has 0 unspecified atom stereocenters. The summed E-state index contributed by atoms with van der Waals surface area (Å²) in [5, 5.41) is 17.6. The molecule has 0 radical (unpaired) electrons. The molecule has 18 heavy (non-hydrogen) atoms. The molecule has 0 aliphatic rings. The van der Waals surface area contributed by atoms with Crippen molar-refractivity contribution in [2.24, 2.45) is 0 Å². The number of nitrogens with zero attached hydrogens (tertiary/aromatic N) is 5. The molecule has 0 fully saturated rings. The van der Waals surface area contributed by atoms with E-state index in [0.29, 0.717) is 5.39 Å². The second kappa shape index (κ2) is 3.88. The number of hydrogen-bond acceptors (Lipinski definition) is 6. The third-order valence-corrected chi connectivity index (χ3v) is 2.43. The molecule has 3 aromatic heterocycles. The van der Waals surface area contributed by atoms with Gasteiger partial charge < -0.3 is 5.11 Å². The lowest BCUT2D eigenvalue weighted by atomic mass is 10.2. The van der Waals surface area contributed by atoms with Crippen LogP contribution in [-0.4, -0.2) is 29.8 Å². The summed E-state index contributed by atoms with van der Waals surface area (Å²) in [6.07, 6.45) is 4.36. The molecular formula is C11H7N5O2. The molecule has 1 N–H and O–H groups in total. The average molecular weight is 241 g/mol. The number of fused-ring (bicyclic) bond motifs is 1. The fraction of sp³-hybridized carbons (Fsp3) is 0. The van der Waals surface area contributed by atoms with Gasteiger partial charge in [0.1, 0.15) is 5.75 Å². The monoisotopic (exact) mass is 241 g/mol. The molecule has 0 atom stereocenters. The van der Waals surface area contributed by atoms with E-state index in [1.54, 1.807) is 12.1 Å². The van der Waals surface area contributed by atoms with Gasteiger partial charge in [0, 0.05) is 12.3 Å². The summed E-state index contributed by atoms with van der Waals surface area (Å²) in [4.78, 5) is 19.9. The zero-order chi connectivity index (χ0) is 12.5. The summed E-state index contributed by atoms with van der Waals surface area (Å²) in [7, 11) is 0. The highest BCUT2D eigenvalue weighted by molar-refractivity contribution is 5.82. The van der Waals surface area contributed by atoms with Gasteiger partial charge in [0.15, 0.2) is 5.65 Å². The molecule has 0 amide bonds. The fourth-order valence-electron chi connectivity index (χ4n) is 1.68. The van der Waals surface area contributed by atoms with Gasteiger partial charge in [0.05, 0.1) is 17.8 Å². The predicted molar refractivity (Wildman–Crippen MR) is 62.4 cm³/mol. The average Bonchev–Trinajstić information content (AvgIpc) is 2.40. The number of rotatable bonds is 1. The zero-order valence-corrected chi connectivity index (χ0v) is 9.06. The largest absolute Gasteiger partial charge is 0.507 e. The number of aromatic nitrogens is 5. The molecule has 0 aliphatic heterocycles. The van der Waals surface area contributed by atoms with Crippen LogP contribution >= 0.6 is 0 Å². The Morgan fingerprint density at radius 1 is 1.17 bits per heavy atom. The molecule has 0 aromatic carbocycles. The van der Waals surface area contributed by atoms with Gasteiger partial charge in [0.2, 0.25) is 0 Å². The second-order valence-electron chi connectivity index (χ2n) is 3.52. The summed E-state index contributed by atoms with van der Waals surface area (Å²) in [5.41, 5.74) is -0.179. The first-order chi connectivity index (χ1) is 8.77. The minimum absolute atomic E-state index is 0.117. The van der Waals surface area contributed by atoms with Gasteiger partial charge in [-0.05, 0) is 12.1 Å². The lowest BCUT2D eigenvalue weighted by Gasteiger charge is -2.07. The van der Waals surface area contributed by atoms with Gasteiger partial charge >= 0.3 is 0 Å². The molecule has 0 saturated carbocycles. The molecule has 7 nitrogen and oxygen atoms in total. The van der Waals surface area contributed by atoms with Gasteiger partial charge in [-0.2, -0.15) is 5.10 Å². The van der Waals surface area contributed by atoms with Crippen molar-refractivity contribution in [3.8, 4) is 11.7 Å². The summed E-state index contributed by atoms with van der Waals surface area (Å²) < 4.78 is 1.20. The van der Waals surface area contributed by atoms with Crippen molar-refractivity contribution >= 4 is 11.0 Å². The van der Waals surface area contributed by atoms with E-state index in [9.17, 15) is 9.90 Å². The Labute approximate surface area is 100 Å². The van der Waals surface area contributed by atoms with E-state index in [-0.39, 0.29) is 17.3 Å². The first-order valence-corrected chi connectivity index (χ1v) is 5.11. The Kier molecular flexibility index (Phi) is 2.23. The van der Waals surface area contributed by atoms with Gasteiger partial charge in [-0.15, -0.1) is 5.10 Å². The van der Waals surface area contributed by atoms with E-state index in [1.807, 2.05) is 0 Å². The highest BCUT2D eigenvalue weighted by atomic mass is 16.3. The molecule has 3 heterocycles.